The third-order valence-electron chi connectivity index (χ3n) is 3.41. The lowest BCUT2D eigenvalue weighted by atomic mass is 10.0. The van der Waals surface area contributed by atoms with Gasteiger partial charge in [-0.2, -0.15) is 0 Å². The van der Waals surface area contributed by atoms with Crippen LogP contribution in [-0.2, 0) is 6.54 Å². The highest BCUT2D eigenvalue weighted by molar-refractivity contribution is 5.24. The average molecular weight is 252 g/mol. The first kappa shape index (κ1) is 13.3. The molecule has 1 heterocycles. The molecule has 5 heteroatoms. The van der Waals surface area contributed by atoms with Crippen LogP contribution in [0.5, 0.6) is 0 Å². The van der Waals surface area contributed by atoms with Gasteiger partial charge in [0.1, 0.15) is 0 Å². The van der Waals surface area contributed by atoms with Gasteiger partial charge in [0.25, 0.3) is 0 Å². The van der Waals surface area contributed by atoms with E-state index in [0.29, 0.717) is 24.4 Å². The maximum Gasteiger partial charge on any atom is 0.315 e. The van der Waals surface area contributed by atoms with Crippen molar-refractivity contribution in [3.8, 4) is 0 Å². The highest BCUT2D eigenvalue weighted by Crippen LogP contribution is 2.32. The summed E-state index contributed by atoms with van der Waals surface area (Å²) in [7, 11) is 0. The summed E-state index contributed by atoms with van der Waals surface area (Å²) >= 11 is 0. The van der Waals surface area contributed by atoms with Gasteiger partial charge >= 0.3 is 6.01 Å². The number of rotatable bonds is 6. The number of hydrogen-bond donors (Lipinski definition) is 2. The minimum Gasteiger partial charge on any atom is -0.407 e. The standard InChI is InChI=1S/C13H24N4O/c1-10(2)8-14-9-11-16-17-12(18-11)15-13(3)6-4-5-7-13/h10,14H,4-9H2,1-3H3,(H,15,17). The molecule has 0 atom stereocenters. The zero-order valence-electron chi connectivity index (χ0n) is 11.6. The lowest BCUT2D eigenvalue weighted by molar-refractivity contribution is 0.440. The Morgan fingerprint density at radius 1 is 1.28 bits per heavy atom. The van der Waals surface area contributed by atoms with Crippen LogP contribution in [0, 0.1) is 5.92 Å². The molecule has 0 radical (unpaired) electrons. The SMILES string of the molecule is CC(C)CNCc1nnc(NC2(C)CCCC2)o1. The summed E-state index contributed by atoms with van der Waals surface area (Å²) < 4.78 is 5.60. The van der Waals surface area contributed by atoms with Gasteiger partial charge in [0.15, 0.2) is 0 Å². The maximum atomic E-state index is 5.60. The van der Waals surface area contributed by atoms with Gasteiger partial charge in [-0.15, -0.1) is 5.10 Å². The normalized spacial score (nSPS) is 18.4. The summed E-state index contributed by atoms with van der Waals surface area (Å²) in [5.74, 6) is 1.28. The Morgan fingerprint density at radius 2 is 2.00 bits per heavy atom. The molecule has 0 bridgehead atoms. The molecular weight excluding hydrogens is 228 g/mol. The van der Waals surface area contributed by atoms with Crippen molar-refractivity contribution in [3.63, 3.8) is 0 Å². The van der Waals surface area contributed by atoms with E-state index in [1.54, 1.807) is 0 Å². The molecule has 0 spiro atoms. The number of hydrogen-bond acceptors (Lipinski definition) is 5. The second kappa shape index (κ2) is 5.69. The second-order valence-corrected chi connectivity index (χ2v) is 5.92. The van der Waals surface area contributed by atoms with Crippen LogP contribution in [0.25, 0.3) is 0 Å². The van der Waals surface area contributed by atoms with Crippen LogP contribution in [-0.4, -0.2) is 22.3 Å². The van der Waals surface area contributed by atoms with E-state index in [0.717, 1.165) is 6.54 Å². The van der Waals surface area contributed by atoms with Crippen molar-refractivity contribution in [2.24, 2.45) is 5.92 Å². The van der Waals surface area contributed by atoms with Gasteiger partial charge in [-0.25, -0.2) is 0 Å². The van der Waals surface area contributed by atoms with E-state index in [9.17, 15) is 0 Å². The van der Waals surface area contributed by atoms with Crippen molar-refractivity contribution in [3.05, 3.63) is 5.89 Å². The van der Waals surface area contributed by atoms with E-state index in [2.05, 4.69) is 41.6 Å². The fourth-order valence-corrected chi connectivity index (χ4v) is 2.38. The molecule has 2 rings (SSSR count). The van der Waals surface area contributed by atoms with E-state index in [-0.39, 0.29) is 5.54 Å². The predicted octanol–water partition coefficient (Wildman–Crippen LogP) is 2.56. The lowest BCUT2D eigenvalue weighted by Gasteiger charge is -2.23. The van der Waals surface area contributed by atoms with E-state index in [1.807, 2.05) is 0 Å². The molecule has 1 fully saturated rings. The zero-order valence-corrected chi connectivity index (χ0v) is 11.6. The Balaban J connectivity index is 1.82. The summed E-state index contributed by atoms with van der Waals surface area (Å²) in [5.41, 5.74) is 0.134. The van der Waals surface area contributed by atoms with Crippen molar-refractivity contribution in [2.75, 3.05) is 11.9 Å². The van der Waals surface area contributed by atoms with E-state index >= 15 is 0 Å². The first-order valence-corrected chi connectivity index (χ1v) is 6.89. The highest BCUT2D eigenvalue weighted by Gasteiger charge is 2.29. The number of aromatic nitrogens is 2. The van der Waals surface area contributed by atoms with Crippen LogP contribution in [0.2, 0.25) is 0 Å². The van der Waals surface area contributed by atoms with Gasteiger partial charge in [0.05, 0.1) is 6.54 Å². The summed E-state index contributed by atoms with van der Waals surface area (Å²) in [6.07, 6.45) is 4.91. The third-order valence-corrected chi connectivity index (χ3v) is 3.41. The van der Waals surface area contributed by atoms with Gasteiger partial charge in [-0.1, -0.05) is 31.8 Å². The van der Waals surface area contributed by atoms with Gasteiger partial charge in [-0.05, 0) is 32.2 Å². The van der Waals surface area contributed by atoms with Crippen LogP contribution >= 0.6 is 0 Å². The summed E-state index contributed by atoms with van der Waals surface area (Å²) in [6.45, 7) is 8.18. The predicted molar refractivity (Wildman–Crippen MR) is 71.3 cm³/mol. The molecule has 0 aliphatic heterocycles. The Kier molecular flexibility index (Phi) is 4.22. The first-order chi connectivity index (χ1) is 8.57. The quantitative estimate of drug-likeness (QED) is 0.814. The van der Waals surface area contributed by atoms with Crippen LogP contribution in [0.4, 0.5) is 6.01 Å². The maximum absolute atomic E-state index is 5.60. The van der Waals surface area contributed by atoms with Crippen LogP contribution in [0.3, 0.4) is 0 Å². The largest absolute Gasteiger partial charge is 0.407 e. The number of nitrogens with one attached hydrogen (secondary N) is 2. The molecule has 1 aromatic rings. The summed E-state index contributed by atoms with van der Waals surface area (Å²) in [5, 5.41) is 14.8. The lowest BCUT2D eigenvalue weighted by Crippen LogP contribution is -2.30. The minimum absolute atomic E-state index is 0.134. The fraction of sp³-hybridized carbons (Fsp3) is 0.846. The molecule has 0 saturated heterocycles. The summed E-state index contributed by atoms with van der Waals surface area (Å²) in [6, 6.07) is 0.556. The molecule has 2 N–H and O–H groups in total. The van der Waals surface area contributed by atoms with Gasteiger partial charge in [0.2, 0.25) is 5.89 Å². The summed E-state index contributed by atoms with van der Waals surface area (Å²) in [4.78, 5) is 0. The van der Waals surface area contributed by atoms with E-state index in [4.69, 9.17) is 4.42 Å². The third kappa shape index (κ3) is 3.70. The molecule has 18 heavy (non-hydrogen) atoms. The topological polar surface area (TPSA) is 63.0 Å². The monoisotopic (exact) mass is 252 g/mol. The Hall–Kier alpha value is -1.10. The van der Waals surface area contributed by atoms with Gasteiger partial charge in [0, 0.05) is 5.54 Å². The van der Waals surface area contributed by atoms with Gasteiger partial charge in [-0.3, -0.25) is 0 Å². The van der Waals surface area contributed by atoms with Crippen LogP contribution in [0.15, 0.2) is 4.42 Å². The molecule has 1 aliphatic rings. The van der Waals surface area contributed by atoms with Crippen LogP contribution < -0.4 is 10.6 Å². The molecule has 0 unspecified atom stereocenters. The molecule has 1 aliphatic carbocycles. The molecule has 5 nitrogen and oxygen atoms in total. The molecule has 102 valence electrons. The molecular formula is C13H24N4O. The van der Waals surface area contributed by atoms with E-state index < -0.39 is 0 Å². The first-order valence-electron chi connectivity index (χ1n) is 6.89. The van der Waals surface area contributed by atoms with Crippen molar-refractivity contribution in [1.82, 2.24) is 15.5 Å². The van der Waals surface area contributed by atoms with Crippen molar-refractivity contribution < 1.29 is 4.42 Å². The average Bonchev–Trinajstić information content (AvgIpc) is 2.88. The van der Waals surface area contributed by atoms with Crippen molar-refractivity contribution in [2.45, 2.75) is 58.5 Å². The Labute approximate surface area is 109 Å². The van der Waals surface area contributed by atoms with Crippen molar-refractivity contribution >= 4 is 6.01 Å². The zero-order chi connectivity index (χ0) is 13.0. The van der Waals surface area contributed by atoms with Gasteiger partial charge < -0.3 is 15.1 Å². The number of anilines is 1. The fourth-order valence-electron chi connectivity index (χ4n) is 2.38. The molecule has 0 aromatic carbocycles. The second-order valence-electron chi connectivity index (χ2n) is 5.92. The molecule has 1 aromatic heterocycles. The minimum atomic E-state index is 0.134. The molecule has 1 saturated carbocycles. The molecule has 0 amide bonds. The smallest absolute Gasteiger partial charge is 0.315 e. The number of nitrogens with zero attached hydrogens (tertiary/aromatic N) is 2. The Bertz CT molecular complexity index is 369. The van der Waals surface area contributed by atoms with E-state index in [1.165, 1.54) is 25.7 Å². The highest BCUT2D eigenvalue weighted by atomic mass is 16.4. The van der Waals surface area contributed by atoms with Crippen molar-refractivity contribution in [1.29, 1.82) is 0 Å². The Morgan fingerprint density at radius 3 is 2.67 bits per heavy atom. The van der Waals surface area contributed by atoms with Crippen LogP contribution in [0.1, 0.15) is 52.3 Å².